The lowest BCUT2D eigenvalue weighted by Crippen LogP contribution is -2.49. The normalized spacial score (nSPS) is 16.3. The largest absolute Gasteiger partial charge is 0.369 e. The molecule has 2 aromatic carbocycles. The maximum absolute atomic E-state index is 4.45. The van der Waals surface area contributed by atoms with E-state index in [1.54, 1.807) is 0 Å². The molecule has 6 heteroatoms. The van der Waals surface area contributed by atoms with Crippen molar-refractivity contribution >= 4 is 5.69 Å². The molecule has 0 bridgehead atoms. The fourth-order valence-corrected chi connectivity index (χ4v) is 4.24. The quantitative estimate of drug-likeness (QED) is 0.619. The van der Waals surface area contributed by atoms with E-state index in [4.69, 9.17) is 0 Å². The van der Waals surface area contributed by atoms with Crippen molar-refractivity contribution in [1.82, 2.24) is 25.1 Å². The highest BCUT2D eigenvalue weighted by Gasteiger charge is 2.31. The van der Waals surface area contributed by atoms with Crippen LogP contribution in [0.25, 0.3) is 0 Å². The van der Waals surface area contributed by atoms with Gasteiger partial charge in [0.25, 0.3) is 0 Å². The number of piperazine rings is 1. The Morgan fingerprint density at radius 3 is 2.17 bits per heavy atom. The number of benzene rings is 2. The first-order valence-electron chi connectivity index (χ1n) is 10.6. The Bertz CT molecular complexity index is 869. The van der Waals surface area contributed by atoms with Crippen LogP contribution in [0.1, 0.15) is 31.3 Å². The number of nitrogens with zero attached hydrogens (tertiary/aromatic N) is 6. The number of anilines is 1. The monoisotopic (exact) mass is 390 g/mol. The zero-order valence-electron chi connectivity index (χ0n) is 17.4. The minimum Gasteiger partial charge on any atom is -0.369 e. The molecule has 0 N–H and O–H groups in total. The molecule has 1 saturated heterocycles. The van der Waals surface area contributed by atoms with E-state index in [2.05, 4.69) is 99.8 Å². The Hall–Kier alpha value is -2.73. The average Bonchev–Trinajstić information content (AvgIpc) is 3.22. The summed E-state index contributed by atoms with van der Waals surface area (Å²) in [5.74, 6) is 1.43. The van der Waals surface area contributed by atoms with Crippen molar-refractivity contribution in [3.63, 3.8) is 0 Å². The van der Waals surface area contributed by atoms with Gasteiger partial charge >= 0.3 is 0 Å². The molecule has 1 aromatic heterocycles. The molecule has 1 atom stereocenters. The van der Waals surface area contributed by atoms with Gasteiger partial charge in [0.2, 0.25) is 0 Å². The van der Waals surface area contributed by atoms with E-state index in [0.29, 0.717) is 5.92 Å². The van der Waals surface area contributed by atoms with Crippen LogP contribution in [0.15, 0.2) is 60.7 Å². The van der Waals surface area contributed by atoms with Gasteiger partial charge in [-0.1, -0.05) is 62.4 Å². The van der Waals surface area contributed by atoms with Crippen molar-refractivity contribution in [2.75, 3.05) is 31.1 Å². The summed E-state index contributed by atoms with van der Waals surface area (Å²) >= 11 is 0. The van der Waals surface area contributed by atoms with Crippen molar-refractivity contribution in [2.45, 2.75) is 32.9 Å². The first-order valence-corrected chi connectivity index (χ1v) is 10.6. The van der Waals surface area contributed by atoms with Crippen LogP contribution in [0.5, 0.6) is 0 Å². The topological polar surface area (TPSA) is 50.1 Å². The third-order valence-electron chi connectivity index (χ3n) is 5.74. The zero-order chi connectivity index (χ0) is 20.1. The molecule has 0 radical (unpaired) electrons. The first kappa shape index (κ1) is 19.6. The van der Waals surface area contributed by atoms with Crippen molar-refractivity contribution < 1.29 is 0 Å². The van der Waals surface area contributed by atoms with Gasteiger partial charge in [0.15, 0.2) is 5.82 Å². The summed E-state index contributed by atoms with van der Waals surface area (Å²) in [4.78, 5) is 5.01. The van der Waals surface area contributed by atoms with E-state index in [-0.39, 0.29) is 6.04 Å². The van der Waals surface area contributed by atoms with Crippen molar-refractivity contribution in [3.05, 3.63) is 72.1 Å². The summed E-state index contributed by atoms with van der Waals surface area (Å²) < 4.78 is 2.00. The standard InChI is InChI=1S/C23H30N6/c1-19(2)22(28-17-15-27(16-18-28)21-11-7-4-8-12-21)23-24-25-26-29(23)14-13-20-9-5-3-6-10-20/h3-12,19,22H,13-18H2,1-2H3. The lowest BCUT2D eigenvalue weighted by molar-refractivity contribution is 0.134. The predicted molar refractivity (Wildman–Crippen MR) is 116 cm³/mol. The highest BCUT2D eigenvalue weighted by Crippen LogP contribution is 2.29. The molecule has 1 unspecified atom stereocenters. The fourth-order valence-electron chi connectivity index (χ4n) is 4.24. The molecule has 0 saturated carbocycles. The number of tetrazole rings is 1. The van der Waals surface area contributed by atoms with Crippen LogP contribution in [0.4, 0.5) is 5.69 Å². The van der Waals surface area contributed by atoms with Crippen molar-refractivity contribution in [2.24, 2.45) is 5.92 Å². The molecule has 4 rings (SSSR count). The number of para-hydroxylation sites is 1. The Kier molecular flexibility index (Phi) is 6.20. The van der Waals surface area contributed by atoms with E-state index in [9.17, 15) is 0 Å². The molecule has 0 aliphatic carbocycles. The summed E-state index contributed by atoms with van der Waals surface area (Å²) in [5, 5.41) is 12.8. The van der Waals surface area contributed by atoms with Gasteiger partial charge in [0.05, 0.1) is 6.04 Å². The summed E-state index contributed by atoms with van der Waals surface area (Å²) in [6.45, 7) is 9.43. The second kappa shape index (κ2) is 9.18. The van der Waals surface area contributed by atoms with Crippen LogP contribution in [-0.4, -0.2) is 51.3 Å². The Morgan fingerprint density at radius 2 is 1.52 bits per heavy atom. The highest BCUT2D eigenvalue weighted by molar-refractivity contribution is 5.46. The summed E-state index contributed by atoms with van der Waals surface area (Å²) in [6.07, 6.45) is 0.936. The molecule has 6 nitrogen and oxygen atoms in total. The summed E-state index contributed by atoms with van der Waals surface area (Å²) in [7, 11) is 0. The molecule has 0 amide bonds. The number of hydrogen-bond acceptors (Lipinski definition) is 5. The molecule has 2 heterocycles. The van der Waals surface area contributed by atoms with Crippen LogP contribution in [0, 0.1) is 5.92 Å². The zero-order valence-corrected chi connectivity index (χ0v) is 17.4. The van der Waals surface area contributed by atoms with E-state index < -0.39 is 0 Å². The second-order valence-electron chi connectivity index (χ2n) is 8.04. The average molecular weight is 391 g/mol. The minimum atomic E-state index is 0.235. The highest BCUT2D eigenvalue weighted by atomic mass is 15.6. The number of rotatable bonds is 7. The van der Waals surface area contributed by atoms with Gasteiger partial charge < -0.3 is 4.90 Å². The lowest BCUT2D eigenvalue weighted by Gasteiger charge is -2.41. The van der Waals surface area contributed by atoms with Gasteiger partial charge in [0.1, 0.15) is 0 Å². The maximum atomic E-state index is 4.45. The van der Waals surface area contributed by atoms with Crippen LogP contribution in [-0.2, 0) is 13.0 Å². The van der Waals surface area contributed by atoms with Gasteiger partial charge in [-0.05, 0) is 40.5 Å². The molecular weight excluding hydrogens is 360 g/mol. The fraction of sp³-hybridized carbons (Fsp3) is 0.435. The van der Waals surface area contributed by atoms with E-state index in [0.717, 1.165) is 45.0 Å². The molecule has 1 aliphatic rings. The Balaban J connectivity index is 1.44. The van der Waals surface area contributed by atoms with Crippen molar-refractivity contribution in [1.29, 1.82) is 0 Å². The van der Waals surface area contributed by atoms with Gasteiger partial charge in [0, 0.05) is 38.4 Å². The van der Waals surface area contributed by atoms with Crippen LogP contribution in [0.3, 0.4) is 0 Å². The number of hydrogen-bond donors (Lipinski definition) is 0. The van der Waals surface area contributed by atoms with Crippen LogP contribution >= 0.6 is 0 Å². The van der Waals surface area contributed by atoms with E-state index >= 15 is 0 Å². The van der Waals surface area contributed by atoms with E-state index in [1.165, 1.54) is 11.3 Å². The Morgan fingerprint density at radius 1 is 0.862 bits per heavy atom. The lowest BCUT2D eigenvalue weighted by atomic mass is 10.0. The third-order valence-corrected chi connectivity index (χ3v) is 5.74. The molecule has 0 spiro atoms. The van der Waals surface area contributed by atoms with Crippen molar-refractivity contribution in [3.8, 4) is 0 Å². The molecule has 1 fully saturated rings. The predicted octanol–water partition coefficient (Wildman–Crippen LogP) is 3.44. The van der Waals surface area contributed by atoms with Crippen LogP contribution in [0.2, 0.25) is 0 Å². The summed E-state index contributed by atoms with van der Waals surface area (Å²) in [6, 6.07) is 21.5. The van der Waals surface area contributed by atoms with Gasteiger partial charge in [-0.2, -0.15) is 0 Å². The van der Waals surface area contributed by atoms with Crippen LogP contribution < -0.4 is 4.90 Å². The second-order valence-corrected chi connectivity index (χ2v) is 8.04. The Labute approximate surface area is 173 Å². The molecular formula is C23H30N6. The molecule has 1 aliphatic heterocycles. The summed E-state index contributed by atoms with van der Waals surface area (Å²) in [5.41, 5.74) is 2.62. The minimum absolute atomic E-state index is 0.235. The molecule has 29 heavy (non-hydrogen) atoms. The number of aromatic nitrogens is 4. The van der Waals surface area contributed by atoms with Gasteiger partial charge in [-0.25, -0.2) is 4.68 Å². The van der Waals surface area contributed by atoms with E-state index in [1.807, 2.05) is 4.68 Å². The maximum Gasteiger partial charge on any atom is 0.168 e. The van der Waals surface area contributed by atoms with Gasteiger partial charge in [-0.15, -0.1) is 5.10 Å². The smallest absolute Gasteiger partial charge is 0.168 e. The van der Waals surface area contributed by atoms with Gasteiger partial charge in [-0.3, -0.25) is 4.90 Å². The first-order chi connectivity index (χ1) is 14.2. The number of aryl methyl sites for hydroxylation is 2. The molecule has 3 aromatic rings. The third kappa shape index (κ3) is 4.65. The molecule has 152 valence electrons. The SMILES string of the molecule is CC(C)C(c1nnnn1CCc1ccccc1)N1CCN(c2ccccc2)CC1.